The molecule has 3 heteroatoms. The Labute approximate surface area is 60.0 Å². The van der Waals surface area contributed by atoms with Crippen molar-refractivity contribution in [3.05, 3.63) is 0 Å². The molecular weight excluding hydrogens is 132 g/mol. The second-order valence-electron chi connectivity index (χ2n) is 2.62. The average molecular weight is 144 g/mol. The molecule has 0 aromatic rings. The van der Waals surface area contributed by atoms with Gasteiger partial charge >= 0.3 is 0 Å². The normalized spacial score (nSPS) is 33.8. The van der Waals surface area contributed by atoms with Gasteiger partial charge in [-0.2, -0.15) is 0 Å². The van der Waals surface area contributed by atoms with Gasteiger partial charge in [-0.1, -0.05) is 0 Å². The Hall–Kier alpha value is -0.410. The molecular formula is C7H12O3. The minimum absolute atomic E-state index is 0.0127. The lowest BCUT2D eigenvalue weighted by molar-refractivity contribution is -0.173. The summed E-state index contributed by atoms with van der Waals surface area (Å²) in [6, 6.07) is 0. The van der Waals surface area contributed by atoms with Crippen LogP contribution >= 0.6 is 0 Å². The molecule has 0 unspecified atom stereocenters. The maximum Gasteiger partial charge on any atom is 0.158 e. The first kappa shape index (κ1) is 7.69. The summed E-state index contributed by atoms with van der Waals surface area (Å²) >= 11 is 0. The summed E-state index contributed by atoms with van der Waals surface area (Å²) in [5.41, 5.74) is 0. The first-order valence-corrected chi connectivity index (χ1v) is 3.54. The lowest BCUT2D eigenvalue weighted by atomic mass is 10.1. The highest BCUT2D eigenvalue weighted by molar-refractivity contribution is 5.80. The first-order valence-electron chi connectivity index (χ1n) is 3.54. The standard InChI is InChI=1S/C7H12O3/c1-5(8)6-3-2-4-7(9)10-6/h6-7,9H,2-4H2,1H3/t6-,7-/m0/s1. The number of aliphatic hydroxyl groups is 1. The van der Waals surface area contributed by atoms with Crippen LogP contribution in [0.4, 0.5) is 0 Å². The monoisotopic (exact) mass is 144 g/mol. The minimum atomic E-state index is -0.720. The summed E-state index contributed by atoms with van der Waals surface area (Å²) in [5.74, 6) is 0.0127. The molecule has 1 aliphatic heterocycles. The molecule has 1 aliphatic rings. The molecule has 58 valence electrons. The average Bonchev–Trinajstić information content (AvgIpc) is 1.88. The Morgan fingerprint density at radius 2 is 2.30 bits per heavy atom. The first-order chi connectivity index (χ1) is 4.70. The number of carbonyl (C=O) groups is 1. The van der Waals surface area contributed by atoms with Crippen molar-refractivity contribution in [1.29, 1.82) is 0 Å². The lowest BCUT2D eigenvalue weighted by Gasteiger charge is -2.24. The van der Waals surface area contributed by atoms with Crippen LogP contribution in [-0.2, 0) is 9.53 Å². The molecule has 1 N–H and O–H groups in total. The van der Waals surface area contributed by atoms with E-state index in [9.17, 15) is 4.79 Å². The van der Waals surface area contributed by atoms with Gasteiger partial charge in [0.1, 0.15) is 6.10 Å². The third-order valence-electron chi connectivity index (χ3n) is 1.69. The quantitative estimate of drug-likeness (QED) is 0.581. The van der Waals surface area contributed by atoms with Gasteiger partial charge in [-0.05, 0) is 26.2 Å². The van der Waals surface area contributed by atoms with Crippen LogP contribution in [0.1, 0.15) is 26.2 Å². The van der Waals surface area contributed by atoms with Gasteiger partial charge in [-0.15, -0.1) is 0 Å². The summed E-state index contributed by atoms with van der Waals surface area (Å²) in [7, 11) is 0. The molecule has 1 fully saturated rings. The van der Waals surface area contributed by atoms with E-state index in [1.54, 1.807) is 0 Å². The van der Waals surface area contributed by atoms with E-state index >= 15 is 0 Å². The predicted octanol–water partition coefficient (Wildman–Crippen LogP) is 0.463. The molecule has 0 saturated carbocycles. The van der Waals surface area contributed by atoms with E-state index < -0.39 is 6.29 Å². The van der Waals surface area contributed by atoms with Gasteiger partial charge in [-0.3, -0.25) is 4.79 Å². The van der Waals surface area contributed by atoms with E-state index in [2.05, 4.69) is 0 Å². The summed E-state index contributed by atoms with van der Waals surface area (Å²) in [4.78, 5) is 10.7. The van der Waals surface area contributed by atoms with Crippen LogP contribution in [0.2, 0.25) is 0 Å². The summed E-state index contributed by atoms with van der Waals surface area (Å²) < 4.78 is 4.95. The number of ketones is 1. The molecule has 0 spiro atoms. The largest absolute Gasteiger partial charge is 0.368 e. The van der Waals surface area contributed by atoms with Gasteiger partial charge in [0.2, 0.25) is 0 Å². The van der Waals surface area contributed by atoms with Crippen molar-refractivity contribution in [1.82, 2.24) is 0 Å². The zero-order valence-corrected chi connectivity index (χ0v) is 6.04. The van der Waals surface area contributed by atoms with Gasteiger partial charge in [0.15, 0.2) is 12.1 Å². The molecule has 0 aromatic heterocycles. The fourth-order valence-corrected chi connectivity index (χ4v) is 1.10. The molecule has 10 heavy (non-hydrogen) atoms. The maximum atomic E-state index is 10.7. The minimum Gasteiger partial charge on any atom is -0.368 e. The van der Waals surface area contributed by atoms with Crippen LogP contribution in [0, 0.1) is 0 Å². The Morgan fingerprint density at radius 1 is 1.60 bits per heavy atom. The fourth-order valence-electron chi connectivity index (χ4n) is 1.10. The Bertz CT molecular complexity index is 133. The lowest BCUT2D eigenvalue weighted by Crippen LogP contribution is -2.32. The van der Waals surface area contributed by atoms with Gasteiger partial charge in [0.25, 0.3) is 0 Å². The van der Waals surface area contributed by atoms with E-state index in [1.807, 2.05) is 0 Å². The fraction of sp³-hybridized carbons (Fsp3) is 0.857. The summed E-state index contributed by atoms with van der Waals surface area (Å²) in [5, 5.41) is 8.95. The van der Waals surface area contributed by atoms with Crippen molar-refractivity contribution < 1.29 is 14.6 Å². The Kier molecular flexibility index (Phi) is 2.40. The molecule has 0 amide bonds. The highest BCUT2D eigenvalue weighted by Crippen LogP contribution is 2.17. The van der Waals surface area contributed by atoms with Crippen LogP contribution in [0.3, 0.4) is 0 Å². The van der Waals surface area contributed by atoms with Crippen LogP contribution in [0.25, 0.3) is 0 Å². The molecule has 0 radical (unpaired) electrons. The number of hydrogen-bond donors (Lipinski definition) is 1. The molecule has 2 atom stereocenters. The Morgan fingerprint density at radius 3 is 2.70 bits per heavy atom. The second kappa shape index (κ2) is 3.12. The second-order valence-corrected chi connectivity index (χ2v) is 2.62. The van der Waals surface area contributed by atoms with Crippen LogP contribution in [-0.4, -0.2) is 23.3 Å². The van der Waals surface area contributed by atoms with Gasteiger partial charge in [-0.25, -0.2) is 0 Å². The number of rotatable bonds is 1. The van der Waals surface area contributed by atoms with E-state index in [4.69, 9.17) is 9.84 Å². The highest BCUT2D eigenvalue weighted by atomic mass is 16.6. The molecule has 0 aliphatic carbocycles. The van der Waals surface area contributed by atoms with Gasteiger partial charge in [0.05, 0.1) is 0 Å². The van der Waals surface area contributed by atoms with Crippen molar-refractivity contribution in [2.45, 2.75) is 38.6 Å². The van der Waals surface area contributed by atoms with Crippen molar-refractivity contribution in [3.8, 4) is 0 Å². The van der Waals surface area contributed by atoms with Crippen molar-refractivity contribution >= 4 is 5.78 Å². The summed E-state index contributed by atoms with van der Waals surface area (Å²) in [6.45, 7) is 1.49. The summed E-state index contributed by atoms with van der Waals surface area (Å²) in [6.07, 6.45) is 1.22. The smallest absolute Gasteiger partial charge is 0.158 e. The Balaban J connectivity index is 2.39. The molecule has 1 saturated heterocycles. The van der Waals surface area contributed by atoms with Crippen LogP contribution in [0.15, 0.2) is 0 Å². The number of Topliss-reactive ketones (excluding diaryl/α,β-unsaturated/α-hetero) is 1. The number of carbonyl (C=O) groups excluding carboxylic acids is 1. The van der Waals surface area contributed by atoms with Crippen molar-refractivity contribution in [3.63, 3.8) is 0 Å². The van der Waals surface area contributed by atoms with Gasteiger partial charge in [0, 0.05) is 0 Å². The van der Waals surface area contributed by atoms with Gasteiger partial charge < -0.3 is 9.84 Å². The van der Waals surface area contributed by atoms with Crippen LogP contribution < -0.4 is 0 Å². The SMILES string of the molecule is CC(=O)[C@@H]1CCC[C@@H](O)O1. The molecule has 1 heterocycles. The predicted molar refractivity (Wildman–Crippen MR) is 35.4 cm³/mol. The van der Waals surface area contributed by atoms with Crippen molar-refractivity contribution in [2.24, 2.45) is 0 Å². The molecule has 1 rings (SSSR count). The van der Waals surface area contributed by atoms with E-state index in [-0.39, 0.29) is 11.9 Å². The maximum absolute atomic E-state index is 10.7. The number of hydrogen-bond acceptors (Lipinski definition) is 3. The zero-order valence-electron chi connectivity index (χ0n) is 6.04. The van der Waals surface area contributed by atoms with E-state index in [0.717, 1.165) is 12.8 Å². The van der Waals surface area contributed by atoms with E-state index in [0.29, 0.717) is 6.42 Å². The third-order valence-corrected chi connectivity index (χ3v) is 1.69. The highest BCUT2D eigenvalue weighted by Gasteiger charge is 2.23. The van der Waals surface area contributed by atoms with Crippen molar-refractivity contribution in [2.75, 3.05) is 0 Å². The molecule has 3 nitrogen and oxygen atoms in total. The topological polar surface area (TPSA) is 46.5 Å². The molecule has 0 bridgehead atoms. The zero-order chi connectivity index (χ0) is 7.56. The number of aliphatic hydroxyl groups excluding tert-OH is 1. The molecule has 0 aromatic carbocycles. The third kappa shape index (κ3) is 1.78. The number of ether oxygens (including phenoxy) is 1. The van der Waals surface area contributed by atoms with E-state index in [1.165, 1.54) is 6.92 Å². The van der Waals surface area contributed by atoms with Crippen LogP contribution in [0.5, 0.6) is 0 Å².